The van der Waals surface area contributed by atoms with E-state index < -0.39 is 29.4 Å². The highest BCUT2D eigenvalue weighted by Crippen LogP contribution is 2.37. The first kappa shape index (κ1) is 15.8. The second-order valence-corrected chi connectivity index (χ2v) is 4.32. The van der Waals surface area contributed by atoms with Crippen molar-refractivity contribution in [2.75, 3.05) is 6.54 Å². The van der Waals surface area contributed by atoms with Gasteiger partial charge in [-0.2, -0.15) is 26.3 Å². The SMILES string of the molecule is CC(CCN)c1cc(C(F)(F)F)cc(C(F)(F)F)c1. The molecule has 0 heterocycles. The van der Waals surface area contributed by atoms with Crippen LogP contribution in [-0.2, 0) is 12.4 Å². The zero-order chi connectivity index (χ0) is 14.8. The Hall–Kier alpha value is -1.24. The first-order valence-electron chi connectivity index (χ1n) is 5.55. The molecule has 1 unspecified atom stereocenters. The summed E-state index contributed by atoms with van der Waals surface area (Å²) in [4.78, 5) is 0. The molecule has 0 aliphatic carbocycles. The molecule has 0 saturated carbocycles. The van der Waals surface area contributed by atoms with E-state index in [1.807, 2.05) is 0 Å². The Kier molecular flexibility index (Phi) is 4.50. The van der Waals surface area contributed by atoms with Gasteiger partial charge in [0.25, 0.3) is 0 Å². The largest absolute Gasteiger partial charge is 0.416 e. The summed E-state index contributed by atoms with van der Waals surface area (Å²) in [6.45, 7) is 1.74. The molecular formula is C12H13F6N. The Bertz CT molecular complexity index is 403. The third kappa shape index (κ3) is 4.12. The molecule has 0 aliphatic rings. The topological polar surface area (TPSA) is 26.0 Å². The number of alkyl halides is 6. The maximum atomic E-state index is 12.6. The number of hydrogen-bond acceptors (Lipinski definition) is 1. The van der Waals surface area contributed by atoms with Crippen molar-refractivity contribution in [2.45, 2.75) is 31.6 Å². The van der Waals surface area contributed by atoms with Crippen LogP contribution in [0.2, 0.25) is 0 Å². The third-order valence-electron chi connectivity index (χ3n) is 2.78. The van der Waals surface area contributed by atoms with Crippen molar-refractivity contribution in [2.24, 2.45) is 5.73 Å². The van der Waals surface area contributed by atoms with Crippen molar-refractivity contribution < 1.29 is 26.3 Å². The van der Waals surface area contributed by atoms with Crippen LogP contribution < -0.4 is 5.73 Å². The maximum Gasteiger partial charge on any atom is 0.416 e. The molecule has 1 aromatic rings. The average molecular weight is 285 g/mol. The lowest BCUT2D eigenvalue weighted by atomic mass is 9.93. The van der Waals surface area contributed by atoms with Crippen molar-refractivity contribution in [3.8, 4) is 0 Å². The molecule has 0 radical (unpaired) electrons. The van der Waals surface area contributed by atoms with Gasteiger partial charge in [0.05, 0.1) is 11.1 Å². The quantitative estimate of drug-likeness (QED) is 0.828. The molecular weight excluding hydrogens is 272 g/mol. The van der Waals surface area contributed by atoms with Crippen molar-refractivity contribution >= 4 is 0 Å². The summed E-state index contributed by atoms with van der Waals surface area (Å²) < 4.78 is 75.6. The van der Waals surface area contributed by atoms with E-state index in [-0.39, 0.29) is 18.2 Å². The van der Waals surface area contributed by atoms with Gasteiger partial charge in [-0.3, -0.25) is 0 Å². The van der Waals surface area contributed by atoms with Gasteiger partial charge in [0, 0.05) is 0 Å². The first-order chi connectivity index (χ1) is 8.55. The summed E-state index contributed by atoms with van der Waals surface area (Å²) in [6.07, 6.45) is -9.30. The highest BCUT2D eigenvalue weighted by atomic mass is 19.4. The van der Waals surface area contributed by atoms with Crippen LogP contribution in [0.5, 0.6) is 0 Å². The lowest BCUT2D eigenvalue weighted by molar-refractivity contribution is -0.143. The summed E-state index contributed by atoms with van der Waals surface area (Å²) >= 11 is 0. The number of nitrogens with two attached hydrogens (primary N) is 1. The molecule has 0 spiro atoms. The summed E-state index contributed by atoms with van der Waals surface area (Å²) in [7, 11) is 0. The van der Waals surface area contributed by atoms with E-state index in [1.54, 1.807) is 6.92 Å². The van der Waals surface area contributed by atoms with E-state index in [0.717, 1.165) is 12.1 Å². The molecule has 0 aromatic heterocycles. The molecule has 108 valence electrons. The molecule has 0 aliphatic heterocycles. The van der Waals surface area contributed by atoms with Crippen LogP contribution in [0.3, 0.4) is 0 Å². The van der Waals surface area contributed by atoms with E-state index in [1.165, 1.54) is 0 Å². The lowest BCUT2D eigenvalue weighted by Gasteiger charge is -2.17. The lowest BCUT2D eigenvalue weighted by Crippen LogP contribution is -2.13. The summed E-state index contributed by atoms with van der Waals surface area (Å²) in [5, 5.41) is 0. The zero-order valence-electron chi connectivity index (χ0n) is 10.1. The number of rotatable bonds is 3. The predicted molar refractivity (Wildman–Crippen MR) is 58.5 cm³/mol. The van der Waals surface area contributed by atoms with E-state index in [0.29, 0.717) is 6.42 Å². The second kappa shape index (κ2) is 5.40. The van der Waals surface area contributed by atoms with E-state index in [9.17, 15) is 26.3 Å². The van der Waals surface area contributed by atoms with Crippen molar-refractivity contribution in [1.29, 1.82) is 0 Å². The molecule has 7 heteroatoms. The summed E-state index contributed by atoms with van der Waals surface area (Å²) in [5.74, 6) is -0.464. The maximum absolute atomic E-state index is 12.6. The van der Waals surface area contributed by atoms with Gasteiger partial charge in [-0.05, 0) is 42.6 Å². The summed E-state index contributed by atoms with van der Waals surface area (Å²) in [6, 6.07) is 1.61. The van der Waals surface area contributed by atoms with E-state index in [2.05, 4.69) is 0 Å². The number of benzene rings is 1. The fourth-order valence-electron chi connectivity index (χ4n) is 1.68. The highest BCUT2D eigenvalue weighted by molar-refractivity contribution is 5.35. The molecule has 0 saturated heterocycles. The Morgan fingerprint density at radius 1 is 0.947 bits per heavy atom. The monoisotopic (exact) mass is 285 g/mol. The van der Waals surface area contributed by atoms with Gasteiger partial charge in [-0.1, -0.05) is 6.92 Å². The van der Waals surface area contributed by atoms with Crippen molar-refractivity contribution in [3.05, 3.63) is 34.9 Å². The van der Waals surface area contributed by atoms with Gasteiger partial charge < -0.3 is 5.73 Å². The van der Waals surface area contributed by atoms with Crippen LogP contribution in [0.15, 0.2) is 18.2 Å². The van der Waals surface area contributed by atoms with Crippen LogP contribution in [-0.4, -0.2) is 6.54 Å². The highest BCUT2D eigenvalue weighted by Gasteiger charge is 2.37. The fourth-order valence-corrected chi connectivity index (χ4v) is 1.68. The molecule has 1 nitrogen and oxygen atoms in total. The molecule has 19 heavy (non-hydrogen) atoms. The fraction of sp³-hybridized carbons (Fsp3) is 0.500. The minimum atomic E-state index is -4.81. The Morgan fingerprint density at radius 3 is 1.68 bits per heavy atom. The normalized spacial score (nSPS) is 14.5. The van der Waals surface area contributed by atoms with Crippen LogP contribution in [0.25, 0.3) is 0 Å². The molecule has 2 N–H and O–H groups in total. The Balaban J connectivity index is 3.33. The van der Waals surface area contributed by atoms with Crippen molar-refractivity contribution in [1.82, 2.24) is 0 Å². The zero-order valence-corrected chi connectivity index (χ0v) is 10.1. The molecule has 1 rings (SSSR count). The smallest absolute Gasteiger partial charge is 0.330 e. The molecule has 1 aromatic carbocycles. The molecule has 0 fully saturated rings. The third-order valence-corrected chi connectivity index (χ3v) is 2.78. The predicted octanol–water partition coefficient (Wildman–Crippen LogP) is 4.18. The van der Waals surface area contributed by atoms with Gasteiger partial charge in [-0.15, -0.1) is 0 Å². The Labute approximate surface area is 106 Å². The van der Waals surface area contributed by atoms with E-state index >= 15 is 0 Å². The van der Waals surface area contributed by atoms with Crippen LogP contribution in [0, 0.1) is 0 Å². The summed E-state index contributed by atoms with van der Waals surface area (Å²) in [5.41, 5.74) is 2.68. The second-order valence-electron chi connectivity index (χ2n) is 4.32. The van der Waals surface area contributed by atoms with Crippen LogP contribution >= 0.6 is 0 Å². The van der Waals surface area contributed by atoms with Gasteiger partial charge in [0.1, 0.15) is 0 Å². The minimum Gasteiger partial charge on any atom is -0.330 e. The Morgan fingerprint density at radius 2 is 1.37 bits per heavy atom. The molecule has 0 amide bonds. The van der Waals surface area contributed by atoms with Crippen LogP contribution in [0.1, 0.15) is 36.0 Å². The molecule has 0 bridgehead atoms. The van der Waals surface area contributed by atoms with Gasteiger partial charge in [0.2, 0.25) is 0 Å². The van der Waals surface area contributed by atoms with E-state index in [4.69, 9.17) is 5.73 Å². The number of halogens is 6. The minimum absolute atomic E-state index is 0.00685. The van der Waals surface area contributed by atoms with Gasteiger partial charge in [-0.25, -0.2) is 0 Å². The number of hydrogen-bond donors (Lipinski definition) is 1. The van der Waals surface area contributed by atoms with Crippen molar-refractivity contribution in [3.63, 3.8) is 0 Å². The average Bonchev–Trinajstić information content (AvgIpc) is 2.26. The first-order valence-corrected chi connectivity index (χ1v) is 5.55. The molecule has 1 atom stereocenters. The standard InChI is InChI=1S/C12H13F6N/c1-7(2-3-19)8-4-9(11(13,14)15)6-10(5-8)12(16,17)18/h4-7H,2-3,19H2,1H3. The van der Waals surface area contributed by atoms with Gasteiger partial charge in [0.15, 0.2) is 0 Å². The van der Waals surface area contributed by atoms with Crippen LogP contribution in [0.4, 0.5) is 26.3 Å². The van der Waals surface area contributed by atoms with Gasteiger partial charge >= 0.3 is 12.4 Å².